The van der Waals surface area contributed by atoms with E-state index in [0.717, 1.165) is 6.61 Å². The Morgan fingerprint density at radius 3 is 2.50 bits per heavy atom. The number of nitrogens with zero attached hydrogens (tertiary/aromatic N) is 1. The Labute approximate surface area is 89.3 Å². The third kappa shape index (κ3) is 2.58. The number of hydrogen-bond donors (Lipinski definition) is 0. The molecule has 0 aromatic carbocycles. The van der Waals surface area contributed by atoms with Crippen LogP contribution in [0.25, 0.3) is 0 Å². The standard InChI is InChI=1S/C11H23NOSi/c1-14(11-7-3-6-10-13-11)12-8-4-2-5-9-12/h11,14H,2-10H2,1H3. The fourth-order valence-electron chi connectivity index (χ4n) is 2.71. The summed E-state index contributed by atoms with van der Waals surface area (Å²) in [7, 11) is -0.754. The van der Waals surface area contributed by atoms with E-state index in [2.05, 4.69) is 11.1 Å². The van der Waals surface area contributed by atoms with Gasteiger partial charge in [0.2, 0.25) is 0 Å². The van der Waals surface area contributed by atoms with Crippen LogP contribution in [0.1, 0.15) is 38.5 Å². The van der Waals surface area contributed by atoms with Crippen molar-refractivity contribution < 1.29 is 4.74 Å². The van der Waals surface area contributed by atoms with Crippen molar-refractivity contribution in [2.75, 3.05) is 19.7 Å². The normalized spacial score (nSPS) is 32.8. The molecule has 0 aromatic heterocycles. The van der Waals surface area contributed by atoms with Gasteiger partial charge in [-0.15, -0.1) is 0 Å². The molecular formula is C11H23NOSi. The van der Waals surface area contributed by atoms with Crippen LogP contribution in [0, 0.1) is 0 Å². The van der Waals surface area contributed by atoms with Gasteiger partial charge in [0.1, 0.15) is 8.96 Å². The minimum Gasteiger partial charge on any atom is -0.380 e. The van der Waals surface area contributed by atoms with Crippen LogP contribution < -0.4 is 0 Å². The predicted octanol–water partition coefficient (Wildman–Crippen LogP) is 1.93. The molecule has 0 spiro atoms. The topological polar surface area (TPSA) is 12.5 Å². The molecule has 2 atom stereocenters. The maximum absolute atomic E-state index is 5.91. The van der Waals surface area contributed by atoms with Crippen LogP contribution >= 0.6 is 0 Å². The van der Waals surface area contributed by atoms with Crippen molar-refractivity contribution in [1.82, 2.24) is 4.57 Å². The Balaban J connectivity index is 1.82. The molecule has 3 heteroatoms. The zero-order valence-electron chi connectivity index (χ0n) is 9.37. The van der Waals surface area contributed by atoms with Crippen molar-refractivity contribution in [3.8, 4) is 0 Å². The molecule has 2 aliphatic heterocycles. The van der Waals surface area contributed by atoms with Crippen molar-refractivity contribution in [1.29, 1.82) is 0 Å². The van der Waals surface area contributed by atoms with Crippen LogP contribution in [0.5, 0.6) is 0 Å². The third-order valence-electron chi connectivity index (χ3n) is 3.72. The van der Waals surface area contributed by atoms with Crippen molar-refractivity contribution >= 4 is 8.96 Å². The lowest BCUT2D eigenvalue weighted by atomic mass is 10.2. The van der Waals surface area contributed by atoms with Crippen LogP contribution in [0.2, 0.25) is 6.55 Å². The number of rotatable bonds is 2. The van der Waals surface area contributed by atoms with Crippen LogP contribution in [0.3, 0.4) is 0 Å². The van der Waals surface area contributed by atoms with Gasteiger partial charge in [0, 0.05) is 6.61 Å². The Morgan fingerprint density at radius 1 is 1.07 bits per heavy atom. The molecule has 0 N–H and O–H groups in total. The van der Waals surface area contributed by atoms with Crippen molar-refractivity contribution in [2.24, 2.45) is 0 Å². The van der Waals surface area contributed by atoms with Gasteiger partial charge in [-0.25, -0.2) is 0 Å². The predicted molar refractivity (Wildman–Crippen MR) is 62.0 cm³/mol. The quantitative estimate of drug-likeness (QED) is 0.650. The summed E-state index contributed by atoms with van der Waals surface area (Å²) in [6, 6.07) is 0. The Bertz CT molecular complexity index is 147. The first-order valence-corrected chi connectivity index (χ1v) is 8.57. The monoisotopic (exact) mass is 213 g/mol. The van der Waals surface area contributed by atoms with E-state index in [1.807, 2.05) is 0 Å². The molecule has 2 rings (SSSR count). The molecule has 14 heavy (non-hydrogen) atoms. The molecular weight excluding hydrogens is 190 g/mol. The summed E-state index contributed by atoms with van der Waals surface area (Å²) in [4.78, 5) is 0. The minimum atomic E-state index is -0.754. The van der Waals surface area contributed by atoms with E-state index in [-0.39, 0.29) is 0 Å². The Kier molecular flexibility index (Phi) is 4.02. The number of piperidine rings is 1. The van der Waals surface area contributed by atoms with Crippen molar-refractivity contribution in [3.05, 3.63) is 0 Å². The van der Waals surface area contributed by atoms with E-state index in [4.69, 9.17) is 4.74 Å². The average Bonchev–Trinajstić information content (AvgIpc) is 2.30. The second kappa shape index (κ2) is 5.28. The van der Waals surface area contributed by atoms with Gasteiger partial charge in [0.05, 0.1) is 5.73 Å². The summed E-state index contributed by atoms with van der Waals surface area (Å²) in [6.45, 7) is 6.22. The first-order chi connectivity index (χ1) is 6.88. The molecule has 0 amide bonds. The molecule has 82 valence electrons. The zero-order valence-corrected chi connectivity index (χ0v) is 10.5. The van der Waals surface area contributed by atoms with Gasteiger partial charge in [-0.2, -0.15) is 0 Å². The number of hydrogen-bond acceptors (Lipinski definition) is 2. The molecule has 2 nitrogen and oxygen atoms in total. The fourth-order valence-corrected chi connectivity index (χ4v) is 5.49. The summed E-state index contributed by atoms with van der Waals surface area (Å²) >= 11 is 0. The lowest BCUT2D eigenvalue weighted by Gasteiger charge is -2.37. The molecule has 2 aliphatic rings. The molecule has 2 unspecified atom stereocenters. The zero-order chi connectivity index (χ0) is 9.80. The highest BCUT2D eigenvalue weighted by molar-refractivity contribution is 6.55. The lowest BCUT2D eigenvalue weighted by Crippen LogP contribution is -2.50. The summed E-state index contributed by atoms with van der Waals surface area (Å²) in [5.41, 5.74) is 0.654. The third-order valence-corrected chi connectivity index (χ3v) is 6.99. The molecule has 2 saturated heterocycles. The van der Waals surface area contributed by atoms with Gasteiger partial charge in [-0.1, -0.05) is 13.0 Å². The van der Waals surface area contributed by atoms with E-state index in [0.29, 0.717) is 5.73 Å². The van der Waals surface area contributed by atoms with Crippen LogP contribution in [-0.2, 0) is 4.74 Å². The van der Waals surface area contributed by atoms with E-state index in [9.17, 15) is 0 Å². The Morgan fingerprint density at radius 2 is 1.86 bits per heavy atom. The average molecular weight is 213 g/mol. The molecule has 0 aliphatic carbocycles. The van der Waals surface area contributed by atoms with Crippen molar-refractivity contribution in [2.45, 2.75) is 50.8 Å². The fraction of sp³-hybridized carbons (Fsp3) is 1.00. The smallest absolute Gasteiger partial charge is 0.140 e. The SMILES string of the molecule is C[SiH](C1CCCCO1)N1CCCCC1. The molecule has 2 heterocycles. The highest BCUT2D eigenvalue weighted by Crippen LogP contribution is 2.19. The van der Waals surface area contributed by atoms with E-state index >= 15 is 0 Å². The van der Waals surface area contributed by atoms with Crippen LogP contribution in [0.15, 0.2) is 0 Å². The summed E-state index contributed by atoms with van der Waals surface area (Å²) in [5.74, 6) is 0. The van der Waals surface area contributed by atoms with Gasteiger partial charge >= 0.3 is 0 Å². The summed E-state index contributed by atoms with van der Waals surface area (Å²) in [5, 5.41) is 0. The molecule has 2 fully saturated rings. The largest absolute Gasteiger partial charge is 0.380 e. The highest BCUT2D eigenvalue weighted by atomic mass is 28.3. The van der Waals surface area contributed by atoms with E-state index < -0.39 is 8.96 Å². The van der Waals surface area contributed by atoms with Gasteiger partial charge in [0.15, 0.2) is 0 Å². The van der Waals surface area contributed by atoms with Crippen LogP contribution in [0.4, 0.5) is 0 Å². The highest BCUT2D eigenvalue weighted by Gasteiger charge is 2.28. The molecule has 0 radical (unpaired) electrons. The van der Waals surface area contributed by atoms with Gasteiger partial charge < -0.3 is 9.30 Å². The second-order valence-corrected chi connectivity index (χ2v) is 7.70. The van der Waals surface area contributed by atoms with Gasteiger partial charge in [-0.05, 0) is 45.2 Å². The second-order valence-electron chi connectivity index (χ2n) is 4.74. The first-order valence-electron chi connectivity index (χ1n) is 6.23. The maximum Gasteiger partial charge on any atom is 0.140 e. The number of ether oxygens (including phenoxy) is 1. The van der Waals surface area contributed by atoms with Crippen LogP contribution in [-0.4, -0.2) is 38.9 Å². The summed E-state index contributed by atoms with van der Waals surface area (Å²) in [6.07, 6.45) is 8.31. The first kappa shape index (κ1) is 10.6. The Hall–Kier alpha value is 0.137. The molecule has 0 bridgehead atoms. The molecule has 0 aromatic rings. The lowest BCUT2D eigenvalue weighted by molar-refractivity contribution is 0.0565. The maximum atomic E-state index is 5.91. The molecule has 0 saturated carbocycles. The van der Waals surface area contributed by atoms with E-state index in [1.54, 1.807) is 0 Å². The van der Waals surface area contributed by atoms with Gasteiger partial charge in [0.25, 0.3) is 0 Å². The van der Waals surface area contributed by atoms with E-state index in [1.165, 1.54) is 51.6 Å². The van der Waals surface area contributed by atoms with Gasteiger partial charge in [-0.3, -0.25) is 0 Å². The summed E-state index contributed by atoms with van der Waals surface area (Å²) < 4.78 is 8.68. The minimum absolute atomic E-state index is 0.654. The van der Waals surface area contributed by atoms with Crippen molar-refractivity contribution in [3.63, 3.8) is 0 Å².